The predicted molar refractivity (Wildman–Crippen MR) is 93.8 cm³/mol. The van der Waals surface area contributed by atoms with E-state index >= 15 is 0 Å². The van der Waals surface area contributed by atoms with Gasteiger partial charge in [-0.15, -0.1) is 0 Å². The van der Waals surface area contributed by atoms with Crippen molar-refractivity contribution in [3.63, 3.8) is 0 Å². The number of benzene rings is 1. The molecule has 0 radical (unpaired) electrons. The highest BCUT2D eigenvalue weighted by atomic mass is 32.2. The zero-order valence-corrected chi connectivity index (χ0v) is 15.2. The van der Waals surface area contributed by atoms with Crippen molar-refractivity contribution < 1.29 is 17.3 Å². The van der Waals surface area contributed by atoms with Crippen LogP contribution in [0.3, 0.4) is 0 Å². The van der Waals surface area contributed by atoms with E-state index in [9.17, 15) is 8.42 Å². The Kier molecular flexibility index (Phi) is 10.2. The Hall–Kier alpha value is -0.910. The van der Waals surface area contributed by atoms with Crippen molar-refractivity contribution >= 4 is 10.1 Å². The van der Waals surface area contributed by atoms with Crippen molar-refractivity contribution in [3.05, 3.63) is 35.9 Å². The molecule has 0 aromatic heterocycles. The smallest absolute Gasteiger partial charge is 0.264 e. The molecule has 4 nitrogen and oxygen atoms in total. The molecule has 0 N–H and O–H groups in total. The molecule has 0 aliphatic carbocycles. The molecule has 132 valence electrons. The summed E-state index contributed by atoms with van der Waals surface area (Å²) in [6.45, 7) is 2.95. The highest BCUT2D eigenvalue weighted by Gasteiger charge is 2.11. The Balaban J connectivity index is 2.36. The third kappa shape index (κ3) is 11.3. The van der Waals surface area contributed by atoms with Gasteiger partial charge in [-0.2, -0.15) is 8.42 Å². The standard InChI is InChI=1S/C18H30O4S/c1-3-4-5-6-10-13-18(14-15-22-23(2,19)20)21-16-17-11-8-7-9-12-17/h7-9,11-12,18H,3-6,10,13-16H2,1-2H3. The van der Waals surface area contributed by atoms with E-state index in [0.717, 1.165) is 24.7 Å². The lowest BCUT2D eigenvalue weighted by atomic mass is 10.1. The first-order valence-corrected chi connectivity index (χ1v) is 10.3. The molecule has 0 saturated heterocycles. The largest absolute Gasteiger partial charge is 0.373 e. The molecule has 1 aromatic carbocycles. The van der Waals surface area contributed by atoms with Crippen molar-refractivity contribution in [1.82, 2.24) is 0 Å². The van der Waals surface area contributed by atoms with Crippen LogP contribution in [-0.4, -0.2) is 27.4 Å². The monoisotopic (exact) mass is 342 g/mol. The van der Waals surface area contributed by atoms with Crippen molar-refractivity contribution in [1.29, 1.82) is 0 Å². The highest BCUT2D eigenvalue weighted by molar-refractivity contribution is 7.85. The van der Waals surface area contributed by atoms with E-state index in [1.807, 2.05) is 30.3 Å². The van der Waals surface area contributed by atoms with Crippen LogP contribution in [0.1, 0.15) is 57.4 Å². The second-order valence-corrected chi connectivity index (χ2v) is 7.58. The van der Waals surface area contributed by atoms with Gasteiger partial charge in [-0.25, -0.2) is 0 Å². The summed E-state index contributed by atoms with van der Waals surface area (Å²) in [6.07, 6.45) is 8.74. The van der Waals surface area contributed by atoms with E-state index in [0.29, 0.717) is 13.0 Å². The zero-order chi connectivity index (χ0) is 17.0. The second-order valence-electron chi connectivity index (χ2n) is 5.94. The Bertz CT molecular complexity index is 499. The molecule has 1 unspecified atom stereocenters. The summed E-state index contributed by atoms with van der Waals surface area (Å²) in [5, 5.41) is 0. The number of hydrogen-bond donors (Lipinski definition) is 0. The Labute approximate surface area is 141 Å². The SMILES string of the molecule is CCCCCCCC(CCOS(C)(=O)=O)OCc1ccccc1. The molecule has 0 fully saturated rings. The second kappa shape index (κ2) is 11.6. The third-order valence-corrected chi connectivity index (χ3v) is 4.29. The lowest BCUT2D eigenvalue weighted by Gasteiger charge is -2.18. The number of hydrogen-bond acceptors (Lipinski definition) is 4. The zero-order valence-electron chi connectivity index (χ0n) is 14.4. The van der Waals surface area contributed by atoms with Crippen molar-refractivity contribution in [3.8, 4) is 0 Å². The Morgan fingerprint density at radius 1 is 1.00 bits per heavy atom. The number of rotatable bonds is 13. The third-order valence-electron chi connectivity index (χ3n) is 3.70. The molecule has 0 aliphatic rings. The minimum Gasteiger partial charge on any atom is -0.373 e. The fourth-order valence-electron chi connectivity index (χ4n) is 2.41. The van der Waals surface area contributed by atoms with E-state index < -0.39 is 10.1 Å². The van der Waals surface area contributed by atoms with Gasteiger partial charge in [-0.05, 0) is 18.4 Å². The first-order chi connectivity index (χ1) is 11.0. The van der Waals surface area contributed by atoms with Gasteiger partial charge in [0.05, 0.1) is 25.6 Å². The summed E-state index contributed by atoms with van der Waals surface area (Å²) in [4.78, 5) is 0. The maximum absolute atomic E-state index is 11.1. The molecule has 1 aromatic rings. The van der Waals surface area contributed by atoms with E-state index in [1.165, 1.54) is 25.7 Å². The first kappa shape index (κ1) is 20.1. The van der Waals surface area contributed by atoms with Crippen LogP contribution in [0.4, 0.5) is 0 Å². The lowest BCUT2D eigenvalue weighted by molar-refractivity contribution is 0.0201. The number of unbranched alkanes of at least 4 members (excludes halogenated alkanes) is 4. The van der Waals surface area contributed by atoms with Gasteiger partial charge in [0.25, 0.3) is 10.1 Å². The summed E-state index contributed by atoms with van der Waals surface area (Å²) >= 11 is 0. The van der Waals surface area contributed by atoms with Crippen molar-refractivity contribution in [2.24, 2.45) is 0 Å². The molecule has 0 aliphatic heterocycles. The maximum atomic E-state index is 11.1. The average molecular weight is 343 g/mol. The summed E-state index contributed by atoms with van der Waals surface area (Å²) in [6, 6.07) is 10.0. The maximum Gasteiger partial charge on any atom is 0.264 e. The summed E-state index contributed by atoms with van der Waals surface area (Å²) in [7, 11) is -3.37. The Morgan fingerprint density at radius 3 is 2.35 bits per heavy atom. The molecule has 0 spiro atoms. The molecule has 0 amide bonds. The van der Waals surface area contributed by atoms with E-state index in [2.05, 4.69) is 6.92 Å². The molecule has 0 heterocycles. The van der Waals surface area contributed by atoms with Crippen LogP contribution in [0.25, 0.3) is 0 Å². The summed E-state index contributed by atoms with van der Waals surface area (Å²) in [5.74, 6) is 0. The molecule has 1 rings (SSSR count). The molecular weight excluding hydrogens is 312 g/mol. The van der Waals surface area contributed by atoms with Crippen LogP contribution in [0.2, 0.25) is 0 Å². The molecular formula is C18H30O4S. The van der Waals surface area contributed by atoms with Gasteiger partial charge in [0.2, 0.25) is 0 Å². The summed E-state index contributed by atoms with van der Waals surface area (Å²) in [5.41, 5.74) is 1.13. The van der Waals surface area contributed by atoms with Gasteiger partial charge >= 0.3 is 0 Å². The summed E-state index contributed by atoms with van der Waals surface area (Å²) < 4.78 is 32.9. The van der Waals surface area contributed by atoms with Crippen LogP contribution in [0.15, 0.2) is 30.3 Å². The molecule has 5 heteroatoms. The number of ether oxygens (including phenoxy) is 1. The fraction of sp³-hybridized carbons (Fsp3) is 0.667. The minimum atomic E-state index is -3.37. The van der Waals surface area contributed by atoms with Gasteiger partial charge in [-0.3, -0.25) is 4.18 Å². The lowest BCUT2D eigenvalue weighted by Crippen LogP contribution is -2.17. The van der Waals surface area contributed by atoms with Crippen molar-refractivity contribution in [2.75, 3.05) is 12.9 Å². The van der Waals surface area contributed by atoms with Crippen LogP contribution in [0, 0.1) is 0 Å². The van der Waals surface area contributed by atoms with Crippen LogP contribution < -0.4 is 0 Å². The molecule has 0 bridgehead atoms. The van der Waals surface area contributed by atoms with E-state index in [1.54, 1.807) is 0 Å². The first-order valence-electron chi connectivity index (χ1n) is 8.51. The van der Waals surface area contributed by atoms with Gasteiger partial charge in [0.15, 0.2) is 0 Å². The van der Waals surface area contributed by atoms with Gasteiger partial charge in [0.1, 0.15) is 0 Å². The van der Waals surface area contributed by atoms with Crippen LogP contribution >= 0.6 is 0 Å². The Morgan fingerprint density at radius 2 is 1.70 bits per heavy atom. The molecule has 0 saturated carbocycles. The predicted octanol–water partition coefficient (Wildman–Crippen LogP) is 4.30. The quantitative estimate of drug-likeness (QED) is 0.396. The topological polar surface area (TPSA) is 52.6 Å². The molecule has 1 atom stereocenters. The van der Waals surface area contributed by atoms with Gasteiger partial charge < -0.3 is 4.74 Å². The normalized spacial score (nSPS) is 13.1. The highest BCUT2D eigenvalue weighted by Crippen LogP contribution is 2.15. The van der Waals surface area contributed by atoms with Crippen molar-refractivity contribution in [2.45, 2.75) is 64.6 Å². The van der Waals surface area contributed by atoms with E-state index in [4.69, 9.17) is 8.92 Å². The fourth-order valence-corrected chi connectivity index (χ4v) is 2.80. The molecule has 23 heavy (non-hydrogen) atoms. The average Bonchev–Trinajstić information content (AvgIpc) is 2.51. The van der Waals surface area contributed by atoms with E-state index in [-0.39, 0.29) is 12.7 Å². The van der Waals surface area contributed by atoms with Crippen LogP contribution in [0.5, 0.6) is 0 Å². The van der Waals surface area contributed by atoms with Gasteiger partial charge in [-0.1, -0.05) is 69.4 Å². The minimum absolute atomic E-state index is 0.0404. The van der Waals surface area contributed by atoms with Crippen LogP contribution in [-0.2, 0) is 25.6 Å². The van der Waals surface area contributed by atoms with Gasteiger partial charge in [0, 0.05) is 0 Å².